The molecule has 1 aromatic carbocycles. The lowest BCUT2D eigenvalue weighted by molar-refractivity contribution is -0.129. The van der Waals surface area contributed by atoms with Crippen molar-refractivity contribution in [1.82, 2.24) is 4.90 Å². The maximum atomic E-state index is 12.1. The monoisotopic (exact) mass is 259 g/mol. The van der Waals surface area contributed by atoms with Crippen LogP contribution in [0.5, 0.6) is 0 Å². The zero-order valence-corrected chi connectivity index (χ0v) is 11.4. The minimum atomic E-state index is 0.0771. The van der Waals surface area contributed by atoms with E-state index in [1.807, 2.05) is 48.2 Å². The molecule has 1 aromatic rings. The van der Waals surface area contributed by atoms with Crippen molar-refractivity contribution in [2.24, 2.45) is 0 Å². The Morgan fingerprint density at radius 2 is 2.21 bits per heavy atom. The molecule has 2 rings (SSSR count). The number of carbonyl (C=O) groups excluding carboxylic acids is 1. The maximum Gasteiger partial charge on any atom is 0.246 e. The first-order valence-electron chi connectivity index (χ1n) is 6.93. The van der Waals surface area contributed by atoms with E-state index in [1.165, 1.54) is 0 Å². The van der Waals surface area contributed by atoms with Crippen LogP contribution < -0.4 is 0 Å². The molecule has 1 saturated heterocycles. The Morgan fingerprint density at radius 3 is 2.95 bits per heavy atom. The van der Waals surface area contributed by atoms with Crippen molar-refractivity contribution < 1.29 is 9.53 Å². The van der Waals surface area contributed by atoms with Crippen LogP contribution in [0.1, 0.15) is 25.3 Å². The lowest BCUT2D eigenvalue weighted by atomic mass is 10.1. The molecule has 0 radical (unpaired) electrons. The normalized spacial score (nSPS) is 19.8. The summed E-state index contributed by atoms with van der Waals surface area (Å²) in [7, 11) is 0. The summed E-state index contributed by atoms with van der Waals surface area (Å²) in [6.45, 7) is 4.26. The van der Waals surface area contributed by atoms with Crippen LogP contribution >= 0.6 is 0 Å². The standard InChI is InChI=1S/C16H21NO2/c1-2-19-15-9-6-12-17(13-15)16(18)11-10-14-7-4-3-5-8-14/h3-5,7-8,10-11,15H,2,6,9,12-13H2,1H3. The van der Waals surface area contributed by atoms with Crippen LogP contribution in [0.15, 0.2) is 36.4 Å². The first kappa shape index (κ1) is 13.8. The number of likely N-dealkylation sites (tertiary alicyclic amines) is 1. The summed E-state index contributed by atoms with van der Waals surface area (Å²) in [5, 5.41) is 0. The maximum absolute atomic E-state index is 12.1. The molecule has 1 aliphatic rings. The Hall–Kier alpha value is -1.61. The molecule has 1 amide bonds. The molecule has 1 unspecified atom stereocenters. The van der Waals surface area contributed by atoms with Gasteiger partial charge in [0.25, 0.3) is 0 Å². The summed E-state index contributed by atoms with van der Waals surface area (Å²) >= 11 is 0. The highest BCUT2D eigenvalue weighted by atomic mass is 16.5. The molecule has 0 aliphatic carbocycles. The zero-order valence-electron chi connectivity index (χ0n) is 11.4. The third-order valence-corrected chi connectivity index (χ3v) is 3.31. The summed E-state index contributed by atoms with van der Waals surface area (Å²) in [5.41, 5.74) is 1.05. The molecule has 3 heteroatoms. The number of nitrogens with zero attached hydrogens (tertiary/aromatic N) is 1. The fraction of sp³-hybridized carbons (Fsp3) is 0.438. The number of ether oxygens (including phenoxy) is 1. The van der Waals surface area contributed by atoms with Crippen molar-refractivity contribution in [3.63, 3.8) is 0 Å². The molecule has 3 nitrogen and oxygen atoms in total. The number of piperidine rings is 1. The minimum absolute atomic E-state index is 0.0771. The highest BCUT2D eigenvalue weighted by Crippen LogP contribution is 2.14. The lowest BCUT2D eigenvalue weighted by Crippen LogP contribution is -2.42. The van der Waals surface area contributed by atoms with Gasteiger partial charge in [-0.2, -0.15) is 0 Å². The van der Waals surface area contributed by atoms with E-state index in [-0.39, 0.29) is 12.0 Å². The van der Waals surface area contributed by atoms with Crippen LogP contribution in [0.2, 0.25) is 0 Å². The lowest BCUT2D eigenvalue weighted by Gasteiger charge is -2.31. The van der Waals surface area contributed by atoms with E-state index in [4.69, 9.17) is 4.74 Å². The number of amides is 1. The average molecular weight is 259 g/mol. The molecule has 0 saturated carbocycles. The van der Waals surface area contributed by atoms with Crippen LogP contribution in [-0.2, 0) is 9.53 Å². The second-order valence-electron chi connectivity index (χ2n) is 4.75. The fourth-order valence-electron chi connectivity index (χ4n) is 2.35. The van der Waals surface area contributed by atoms with Gasteiger partial charge in [0.1, 0.15) is 0 Å². The fourth-order valence-corrected chi connectivity index (χ4v) is 2.35. The predicted molar refractivity (Wildman–Crippen MR) is 76.7 cm³/mol. The average Bonchev–Trinajstić information content (AvgIpc) is 2.46. The first-order valence-corrected chi connectivity index (χ1v) is 6.93. The second-order valence-corrected chi connectivity index (χ2v) is 4.75. The van der Waals surface area contributed by atoms with E-state index >= 15 is 0 Å². The van der Waals surface area contributed by atoms with Gasteiger partial charge in [-0.1, -0.05) is 30.3 Å². The van der Waals surface area contributed by atoms with Crippen molar-refractivity contribution in [2.75, 3.05) is 19.7 Å². The van der Waals surface area contributed by atoms with Crippen LogP contribution in [0, 0.1) is 0 Å². The highest BCUT2D eigenvalue weighted by Gasteiger charge is 2.22. The number of rotatable bonds is 4. The Kier molecular flexibility index (Phi) is 5.16. The van der Waals surface area contributed by atoms with Crippen molar-refractivity contribution in [3.05, 3.63) is 42.0 Å². The summed E-state index contributed by atoms with van der Waals surface area (Å²) in [5.74, 6) is 0.0771. The van der Waals surface area contributed by atoms with Gasteiger partial charge in [-0.05, 0) is 31.4 Å². The van der Waals surface area contributed by atoms with E-state index in [9.17, 15) is 4.79 Å². The van der Waals surface area contributed by atoms with E-state index < -0.39 is 0 Å². The van der Waals surface area contributed by atoms with Crippen LogP contribution in [0.3, 0.4) is 0 Å². The smallest absolute Gasteiger partial charge is 0.246 e. The summed E-state index contributed by atoms with van der Waals surface area (Å²) < 4.78 is 5.61. The van der Waals surface area contributed by atoms with E-state index in [1.54, 1.807) is 6.08 Å². The van der Waals surface area contributed by atoms with Gasteiger partial charge in [-0.15, -0.1) is 0 Å². The van der Waals surface area contributed by atoms with Gasteiger partial charge in [0.15, 0.2) is 0 Å². The molecule has 0 aromatic heterocycles. The number of benzene rings is 1. The second kappa shape index (κ2) is 7.10. The molecule has 19 heavy (non-hydrogen) atoms. The van der Waals surface area contributed by atoms with E-state index in [0.717, 1.165) is 24.9 Å². The molecule has 102 valence electrons. The van der Waals surface area contributed by atoms with Crippen molar-refractivity contribution in [3.8, 4) is 0 Å². The summed E-state index contributed by atoms with van der Waals surface area (Å²) in [6, 6.07) is 9.88. The number of carbonyl (C=O) groups is 1. The zero-order chi connectivity index (χ0) is 13.5. The van der Waals surface area contributed by atoms with Crippen molar-refractivity contribution >= 4 is 12.0 Å². The number of hydrogen-bond acceptors (Lipinski definition) is 2. The van der Waals surface area contributed by atoms with E-state index in [0.29, 0.717) is 13.2 Å². The van der Waals surface area contributed by atoms with Gasteiger partial charge >= 0.3 is 0 Å². The molecule has 1 aliphatic heterocycles. The molecule has 0 bridgehead atoms. The molecule has 1 heterocycles. The van der Waals surface area contributed by atoms with Gasteiger partial charge in [-0.25, -0.2) is 0 Å². The van der Waals surface area contributed by atoms with Crippen LogP contribution in [0.25, 0.3) is 6.08 Å². The Bertz CT molecular complexity index is 426. The SMILES string of the molecule is CCOC1CCCN(C(=O)C=Cc2ccccc2)C1. The van der Waals surface area contributed by atoms with Crippen molar-refractivity contribution in [2.45, 2.75) is 25.9 Å². The summed E-state index contributed by atoms with van der Waals surface area (Å²) in [4.78, 5) is 14.0. The van der Waals surface area contributed by atoms with Gasteiger partial charge in [0.05, 0.1) is 6.10 Å². The van der Waals surface area contributed by atoms with Gasteiger partial charge in [-0.3, -0.25) is 4.79 Å². The quantitative estimate of drug-likeness (QED) is 0.778. The molecule has 1 fully saturated rings. The molecular formula is C16H21NO2. The third-order valence-electron chi connectivity index (χ3n) is 3.31. The van der Waals surface area contributed by atoms with Crippen LogP contribution in [-0.4, -0.2) is 36.6 Å². The Balaban J connectivity index is 1.90. The minimum Gasteiger partial charge on any atom is -0.377 e. The van der Waals surface area contributed by atoms with Crippen LogP contribution in [0.4, 0.5) is 0 Å². The third kappa shape index (κ3) is 4.21. The topological polar surface area (TPSA) is 29.5 Å². The predicted octanol–water partition coefficient (Wildman–Crippen LogP) is 2.73. The number of hydrogen-bond donors (Lipinski definition) is 0. The Labute approximate surface area is 114 Å². The first-order chi connectivity index (χ1) is 9.29. The van der Waals surface area contributed by atoms with Crippen molar-refractivity contribution in [1.29, 1.82) is 0 Å². The largest absolute Gasteiger partial charge is 0.377 e. The molecular weight excluding hydrogens is 238 g/mol. The van der Waals surface area contributed by atoms with Gasteiger partial charge in [0.2, 0.25) is 5.91 Å². The van der Waals surface area contributed by atoms with Gasteiger partial charge < -0.3 is 9.64 Å². The highest BCUT2D eigenvalue weighted by molar-refractivity contribution is 5.91. The molecule has 0 spiro atoms. The van der Waals surface area contributed by atoms with E-state index in [2.05, 4.69) is 0 Å². The molecule has 1 atom stereocenters. The summed E-state index contributed by atoms with van der Waals surface area (Å²) in [6.07, 6.45) is 5.80. The Morgan fingerprint density at radius 1 is 1.42 bits per heavy atom. The van der Waals surface area contributed by atoms with Gasteiger partial charge in [0, 0.05) is 25.8 Å². The molecule has 0 N–H and O–H groups in total.